The molecule has 1 unspecified atom stereocenters. The number of carbonyl (C=O) groups excluding carboxylic acids is 1. The molecular weight excluding hydrogens is 269 g/mol. The van der Waals surface area contributed by atoms with Crippen LogP contribution in [0.15, 0.2) is 12.1 Å². The van der Waals surface area contributed by atoms with Gasteiger partial charge in [0.2, 0.25) is 0 Å². The molecule has 0 aromatic heterocycles. The van der Waals surface area contributed by atoms with Gasteiger partial charge in [-0.05, 0) is 30.5 Å². The fourth-order valence-electron chi connectivity index (χ4n) is 1.83. The van der Waals surface area contributed by atoms with Crippen LogP contribution in [0.25, 0.3) is 0 Å². The molecule has 20 heavy (non-hydrogen) atoms. The van der Waals surface area contributed by atoms with Crippen molar-refractivity contribution in [3.05, 3.63) is 35.1 Å². The number of hydrogen-bond acceptors (Lipinski definition) is 2. The fraction of sp³-hybridized carbons (Fsp3) is 0.500. The van der Waals surface area contributed by atoms with E-state index in [2.05, 4.69) is 5.32 Å². The van der Waals surface area contributed by atoms with Crippen LogP contribution in [0.3, 0.4) is 0 Å². The van der Waals surface area contributed by atoms with Gasteiger partial charge in [0, 0.05) is 6.04 Å². The number of halogens is 3. The number of rotatable bonds is 4. The molecule has 112 valence electrons. The highest BCUT2D eigenvalue weighted by Gasteiger charge is 2.27. The first-order valence-corrected chi connectivity index (χ1v) is 6.33. The molecule has 3 nitrogen and oxygen atoms in total. The minimum atomic E-state index is -1.65. The molecule has 1 rings (SSSR count). The Labute approximate surface area is 116 Å². The normalized spacial score (nSPS) is 13.2. The summed E-state index contributed by atoms with van der Waals surface area (Å²) >= 11 is 0. The molecule has 0 aliphatic carbocycles. The van der Waals surface area contributed by atoms with E-state index in [1.807, 2.05) is 20.8 Å². The Morgan fingerprint density at radius 1 is 1.25 bits per heavy atom. The Morgan fingerprint density at radius 3 is 2.35 bits per heavy atom. The molecule has 0 saturated carbocycles. The topological polar surface area (TPSA) is 55.1 Å². The Kier molecular flexibility index (Phi) is 5.16. The molecule has 1 aromatic rings. The third-order valence-corrected chi connectivity index (χ3v) is 3.09. The molecule has 1 atom stereocenters. The van der Waals surface area contributed by atoms with E-state index in [0.717, 1.165) is 12.1 Å². The lowest BCUT2D eigenvalue weighted by atomic mass is 9.84. The van der Waals surface area contributed by atoms with Crippen molar-refractivity contribution in [2.75, 3.05) is 6.54 Å². The number of carbonyl (C=O) groups is 1. The SMILES string of the molecule is CC(C)(C)C(CCN)NC(=O)c1ccc(F)c(F)c1F. The quantitative estimate of drug-likeness (QED) is 0.837. The second-order valence-electron chi connectivity index (χ2n) is 5.69. The maximum absolute atomic E-state index is 13.5. The number of nitrogens with two attached hydrogens (primary N) is 1. The number of amides is 1. The average molecular weight is 288 g/mol. The van der Waals surface area contributed by atoms with E-state index in [9.17, 15) is 18.0 Å². The van der Waals surface area contributed by atoms with E-state index < -0.39 is 28.9 Å². The number of benzene rings is 1. The van der Waals surface area contributed by atoms with Crippen LogP contribution in [0, 0.1) is 22.9 Å². The van der Waals surface area contributed by atoms with Crippen LogP contribution in [0.5, 0.6) is 0 Å². The lowest BCUT2D eigenvalue weighted by molar-refractivity contribution is 0.0893. The molecule has 3 N–H and O–H groups in total. The van der Waals surface area contributed by atoms with Gasteiger partial charge in [-0.15, -0.1) is 0 Å². The summed E-state index contributed by atoms with van der Waals surface area (Å²) in [6.45, 7) is 6.04. The zero-order valence-corrected chi connectivity index (χ0v) is 11.8. The predicted molar refractivity (Wildman–Crippen MR) is 70.7 cm³/mol. The van der Waals surface area contributed by atoms with Gasteiger partial charge in [0.1, 0.15) is 0 Å². The maximum atomic E-state index is 13.5. The molecule has 0 spiro atoms. The van der Waals surface area contributed by atoms with Crippen LogP contribution < -0.4 is 11.1 Å². The minimum absolute atomic E-state index is 0.288. The lowest BCUT2D eigenvalue weighted by Gasteiger charge is -2.31. The number of hydrogen-bond donors (Lipinski definition) is 2. The third-order valence-electron chi connectivity index (χ3n) is 3.09. The highest BCUT2D eigenvalue weighted by atomic mass is 19.2. The maximum Gasteiger partial charge on any atom is 0.254 e. The van der Waals surface area contributed by atoms with E-state index in [4.69, 9.17) is 5.73 Å². The highest BCUT2D eigenvalue weighted by molar-refractivity contribution is 5.94. The minimum Gasteiger partial charge on any atom is -0.349 e. The van der Waals surface area contributed by atoms with Gasteiger partial charge < -0.3 is 11.1 Å². The van der Waals surface area contributed by atoms with Crippen LogP contribution in [-0.2, 0) is 0 Å². The van der Waals surface area contributed by atoms with Gasteiger partial charge >= 0.3 is 0 Å². The Hall–Kier alpha value is -1.56. The van der Waals surface area contributed by atoms with Gasteiger partial charge in [-0.25, -0.2) is 13.2 Å². The van der Waals surface area contributed by atoms with Crippen LogP contribution in [-0.4, -0.2) is 18.5 Å². The molecule has 1 aromatic carbocycles. The zero-order chi connectivity index (χ0) is 15.5. The van der Waals surface area contributed by atoms with Gasteiger partial charge in [0.05, 0.1) is 5.56 Å². The van der Waals surface area contributed by atoms with Crippen molar-refractivity contribution in [3.63, 3.8) is 0 Å². The molecule has 1 amide bonds. The molecule has 0 fully saturated rings. The van der Waals surface area contributed by atoms with E-state index in [-0.39, 0.29) is 11.5 Å². The van der Waals surface area contributed by atoms with Crippen molar-refractivity contribution in [1.82, 2.24) is 5.32 Å². The van der Waals surface area contributed by atoms with Crippen molar-refractivity contribution in [2.24, 2.45) is 11.1 Å². The van der Waals surface area contributed by atoms with Crippen molar-refractivity contribution in [2.45, 2.75) is 33.2 Å². The highest BCUT2D eigenvalue weighted by Crippen LogP contribution is 2.22. The summed E-state index contributed by atoms with van der Waals surface area (Å²) in [4.78, 5) is 12.0. The Balaban J connectivity index is 2.98. The van der Waals surface area contributed by atoms with Crippen LogP contribution in [0.4, 0.5) is 13.2 Å². The monoisotopic (exact) mass is 288 g/mol. The van der Waals surface area contributed by atoms with Crippen molar-refractivity contribution < 1.29 is 18.0 Å². The molecule has 0 bridgehead atoms. The van der Waals surface area contributed by atoms with Crippen molar-refractivity contribution in [1.29, 1.82) is 0 Å². The molecular formula is C14H19F3N2O. The molecule has 0 radical (unpaired) electrons. The summed E-state index contributed by atoms with van der Waals surface area (Å²) in [5, 5.41) is 2.61. The van der Waals surface area contributed by atoms with Gasteiger partial charge in [0.15, 0.2) is 17.5 Å². The zero-order valence-electron chi connectivity index (χ0n) is 11.8. The summed E-state index contributed by atoms with van der Waals surface area (Å²) in [5.41, 5.74) is 4.67. The van der Waals surface area contributed by atoms with Gasteiger partial charge in [-0.1, -0.05) is 20.8 Å². The predicted octanol–water partition coefficient (Wildman–Crippen LogP) is 2.60. The van der Waals surface area contributed by atoms with Gasteiger partial charge in [-0.2, -0.15) is 0 Å². The second kappa shape index (κ2) is 6.26. The van der Waals surface area contributed by atoms with Gasteiger partial charge in [0.25, 0.3) is 5.91 Å². The van der Waals surface area contributed by atoms with E-state index in [0.29, 0.717) is 13.0 Å². The van der Waals surface area contributed by atoms with E-state index >= 15 is 0 Å². The van der Waals surface area contributed by atoms with Crippen LogP contribution >= 0.6 is 0 Å². The van der Waals surface area contributed by atoms with Gasteiger partial charge in [-0.3, -0.25) is 4.79 Å². The Bertz CT molecular complexity index is 498. The number of nitrogens with one attached hydrogen (secondary N) is 1. The Morgan fingerprint density at radius 2 is 1.85 bits per heavy atom. The van der Waals surface area contributed by atoms with E-state index in [1.165, 1.54) is 0 Å². The average Bonchev–Trinajstić information content (AvgIpc) is 2.34. The third kappa shape index (κ3) is 3.72. The first-order chi connectivity index (χ1) is 9.18. The summed E-state index contributed by atoms with van der Waals surface area (Å²) < 4.78 is 39.5. The molecule has 0 saturated heterocycles. The largest absolute Gasteiger partial charge is 0.349 e. The first kappa shape index (κ1) is 16.5. The smallest absolute Gasteiger partial charge is 0.254 e. The van der Waals surface area contributed by atoms with Crippen molar-refractivity contribution >= 4 is 5.91 Å². The first-order valence-electron chi connectivity index (χ1n) is 6.33. The molecule has 0 heterocycles. The molecule has 0 aliphatic heterocycles. The molecule has 0 aliphatic rings. The fourth-order valence-corrected chi connectivity index (χ4v) is 1.83. The van der Waals surface area contributed by atoms with E-state index in [1.54, 1.807) is 0 Å². The summed E-state index contributed by atoms with van der Waals surface area (Å²) in [7, 11) is 0. The lowest BCUT2D eigenvalue weighted by Crippen LogP contribution is -2.45. The summed E-state index contributed by atoms with van der Waals surface area (Å²) in [5.74, 6) is -5.24. The second-order valence-corrected chi connectivity index (χ2v) is 5.69. The summed E-state index contributed by atoms with van der Waals surface area (Å²) in [6.07, 6.45) is 0.501. The van der Waals surface area contributed by atoms with Crippen LogP contribution in [0.2, 0.25) is 0 Å². The molecule has 6 heteroatoms. The standard InChI is InChI=1S/C14H19F3N2O/c1-14(2,3)10(6-7-18)19-13(20)8-4-5-9(15)12(17)11(8)16/h4-5,10H,6-7,18H2,1-3H3,(H,19,20). The van der Waals surface area contributed by atoms with Crippen molar-refractivity contribution in [3.8, 4) is 0 Å². The van der Waals surface area contributed by atoms with Crippen LogP contribution in [0.1, 0.15) is 37.6 Å². The summed E-state index contributed by atoms with van der Waals surface area (Å²) in [6, 6.07) is 1.35.